The highest BCUT2D eigenvalue weighted by Crippen LogP contribution is 2.34. The summed E-state index contributed by atoms with van der Waals surface area (Å²) in [4.78, 5) is 11.9. The lowest BCUT2D eigenvalue weighted by Gasteiger charge is -2.36. The molecule has 10 heteroatoms. The van der Waals surface area contributed by atoms with E-state index in [4.69, 9.17) is 9.47 Å². The summed E-state index contributed by atoms with van der Waals surface area (Å²) >= 11 is 0. The van der Waals surface area contributed by atoms with Crippen molar-refractivity contribution in [1.82, 2.24) is 19.7 Å². The monoisotopic (exact) mass is 432 g/mol. The summed E-state index contributed by atoms with van der Waals surface area (Å²) < 4.78 is 50.6. The number of ether oxygens (including phenoxy) is 2. The van der Waals surface area contributed by atoms with Crippen LogP contribution in [-0.4, -0.2) is 48.4 Å². The van der Waals surface area contributed by atoms with Crippen LogP contribution in [0.3, 0.4) is 0 Å². The van der Waals surface area contributed by atoms with E-state index in [1.165, 1.54) is 12.1 Å². The Morgan fingerprint density at radius 1 is 1.10 bits per heavy atom. The Kier molecular flexibility index (Phi) is 5.41. The highest BCUT2D eigenvalue weighted by molar-refractivity contribution is 7.88. The molecule has 0 bridgehead atoms. The van der Waals surface area contributed by atoms with Crippen molar-refractivity contribution in [2.45, 2.75) is 18.8 Å². The van der Waals surface area contributed by atoms with Crippen molar-refractivity contribution in [3.8, 4) is 22.5 Å². The van der Waals surface area contributed by atoms with Gasteiger partial charge in [-0.1, -0.05) is 0 Å². The van der Waals surface area contributed by atoms with Gasteiger partial charge in [-0.25, -0.2) is 22.5 Å². The predicted molar refractivity (Wildman–Crippen MR) is 108 cm³/mol. The summed E-state index contributed by atoms with van der Waals surface area (Å²) in [5.41, 5.74) is 2.04. The SMILES string of the molecule is CC1(NS(C)(=O)=O)COC(c2nc(-c3ccc(F)cc3)c(-c3ccncc3)[nH]2)OC1. The van der Waals surface area contributed by atoms with Crippen LogP contribution in [0.5, 0.6) is 0 Å². The molecule has 1 aliphatic heterocycles. The number of aromatic nitrogens is 3. The number of rotatable bonds is 5. The first-order valence-electron chi connectivity index (χ1n) is 9.21. The first-order chi connectivity index (χ1) is 14.2. The first kappa shape index (κ1) is 20.6. The number of aromatic amines is 1. The van der Waals surface area contributed by atoms with E-state index in [9.17, 15) is 12.8 Å². The van der Waals surface area contributed by atoms with Crippen molar-refractivity contribution in [1.29, 1.82) is 0 Å². The van der Waals surface area contributed by atoms with E-state index in [1.54, 1.807) is 31.5 Å². The van der Waals surface area contributed by atoms with E-state index in [2.05, 4.69) is 19.7 Å². The van der Waals surface area contributed by atoms with Crippen molar-refractivity contribution < 1.29 is 22.3 Å². The number of halogens is 1. The third-order valence-corrected chi connectivity index (χ3v) is 5.43. The lowest BCUT2D eigenvalue weighted by molar-refractivity contribution is -0.214. The maximum absolute atomic E-state index is 13.4. The summed E-state index contributed by atoms with van der Waals surface area (Å²) in [6.45, 7) is 1.93. The lowest BCUT2D eigenvalue weighted by atomic mass is 10.1. The summed E-state index contributed by atoms with van der Waals surface area (Å²) in [5, 5.41) is 0. The van der Waals surface area contributed by atoms with Gasteiger partial charge >= 0.3 is 0 Å². The molecule has 0 unspecified atom stereocenters. The molecule has 0 spiro atoms. The number of H-pyrrole nitrogens is 1. The second kappa shape index (κ2) is 7.88. The van der Waals surface area contributed by atoms with E-state index >= 15 is 0 Å². The van der Waals surface area contributed by atoms with Gasteiger partial charge in [-0.2, -0.15) is 0 Å². The predicted octanol–water partition coefficient (Wildman–Crippen LogP) is 2.63. The standard InChI is InChI=1S/C20H21FN4O4S/c1-20(25-30(2,26)27)11-28-19(29-12-20)18-23-16(13-3-5-15(21)6-4-13)17(24-18)14-7-9-22-10-8-14/h3-10,19,25H,11-12H2,1-2H3,(H,23,24). The highest BCUT2D eigenvalue weighted by Gasteiger charge is 2.37. The zero-order chi connectivity index (χ0) is 21.4. The summed E-state index contributed by atoms with van der Waals surface area (Å²) in [7, 11) is -3.41. The zero-order valence-electron chi connectivity index (χ0n) is 16.4. The lowest BCUT2D eigenvalue weighted by Crippen LogP contribution is -2.55. The molecule has 158 valence electrons. The van der Waals surface area contributed by atoms with Crippen LogP contribution in [0.15, 0.2) is 48.8 Å². The first-order valence-corrected chi connectivity index (χ1v) is 11.1. The average Bonchev–Trinajstić information content (AvgIpc) is 3.13. The van der Waals surface area contributed by atoms with Crippen LogP contribution in [0, 0.1) is 5.82 Å². The number of hydrogen-bond donors (Lipinski definition) is 2. The molecule has 0 radical (unpaired) electrons. The molecule has 0 atom stereocenters. The van der Waals surface area contributed by atoms with Gasteiger partial charge in [-0.05, 0) is 43.3 Å². The van der Waals surface area contributed by atoms with Crippen LogP contribution >= 0.6 is 0 Å². The van der Waals surface area contributed by atoms with Crippen molar-refractivity contribution >= 4 is 10.0 Å². The van der Waals surface area contributed by atoms with Gasteiger partial charge in [0.25, 0.3) is 0 Å². The topological polar surface area (TPSA) is 106 Å². The third-order valence-electron chi connectivity index (χ3n) is 4.57. The number of pyridine rings is 1. The van der Waals surface area contributed by atoms with Gasteiger partial charge < -0.3 is 14.5 Å². The van der Waals surface area contributed by atoms with Gasteiger partial charge in [0.15, 0.2) is 5.82 Å². The van der Waals surface area contributed by atoms with Crippen LogP contribution in [0.1, 0.15) is 19.0 Å². The maximum atomic E-state index is 13.4. The minimum atomic E-state index is -3.41. The van der Waals surface area contributed by atoms with Crippen LogP contribution < -0.4 is 4.72 Å². The Labute approximate surface area is 173 Å². The highest BCUT2D eigenvalue weighted by atomic mass is 32.2. The molecule has 4 rings (SSSR count). The maximum Gasteiger partial charge on any atom is 0.217 e. The Morgan fingerprint density at radius 2 is 1.73 bits per heavy atom. The minimum absolute atomic E-state index is 0.113. The minimum Gasteiger partial charge on any atom is -0.344 e. The van der Waals surface area contributed by atoms with Gasteiger partial charge in [0, 0.05) is 23.5 Å². The van der Waals surface area contributed by atoms with Gasteiger partial charge in [0.05, 0.1) is 36.4 Å². The smallest absolute Gasteiger partial charge is 0.217 e. The molecule has 3 heterocycles. The normalized spacial score (nSPS) is 22.2. The van der Waals surface area contributed by atoms with Crippen molar-refractivity contribution in [3.63, 3.8) is 0 Å². The number of imidazole rings is 1. The quantitative estimate of drug-likeness (QED) is 0.642. The van der Waals surface area contributed by atoms with E-state index in [1.807, 2.05) is 12.1 Å². The molecule has 3 aromatic rings. The molecule has 1 fully saturated rings. The Bertz CT molecular complexity index is 1130. The van der Waals surface area contributed by atoms with E-state index < -0.39 is 21.9 Å². The van der Waals surface area contributed by atoms with E-state index in [0.717, 1.165) is 17.4 Å². The molecular formula is C20H21FN4O4S. The summed E-state index contributed by atoms with van der Waals surface area (Å²) in [5.74, 6) is 0.0964. The zero-order valence-corrected chi connectivity index (χ0v) is 17.2. The second-order valence-corrected chi connectivity index (χ2v) is 9.23. The van der Waals surface area contributed by atoms with Gasteiger partial charge in [-0.15, -0.1) is 0 Å². The number of hydrogen-bond acceptors (Lipinski definition) is 6. The molecule has 8 nitrogen and oxygen atoms in total. The van der Waals surface area contributed by atoms with Crippen LogP contribution in [-0.2, 0) is 19.5 Å². The fraction of sp³-hybridized carbons (Fsp3) is 0.300. The number of sulfonamides is 1. The molecule has 2 N–H and O–H groups in total. The van der Waals surface area contributed by atoms with Crippen molar-refractivity contribution in [3.05, 3.63) is 60.4 Å². The molecule has 2 aromatic heterocycles. The summed E-state index contributed by atoms with van der Waals surface area (Å²) in [6.07, 6.45) is 3.63. The largest absolute Gasteiger partial charge is 0.344 e. The Balaban J connectivity index is 1.65. The Hall–Kier alpha value is -2.66. The van der Waals surface area contributed by atoms with Gasteiger partial charge in [0.1, 0.15) is 5.82 Å². The number of nitrogens with zero attached hydrogens (tertiary/aromatic N) is 2. The molecule has 1 aliphatic rings. The second-order valence-electron chi connectivity index (χ2n) is 7.48. The van der Waals surface area contributed by atoms with Crippen LogP contribution in [0.4, 0.5) is 4.39 Å². The van der Waals surface area contributed by atoms with Crippen molar-refractivity contribution in [2.75, 3.05) is 19.5 Å². The third kappa shape index (κ3) is 4.57. The number of benzene rings is 1. The molecular weight excluding hydrogens is 411 g/mol. The van der Waals surface area contributed by atoms with E-state index in [0.29, 0.717) is 17.2 Å². The molecule has 0 saturated carbocycles. The molecule has 0 aliphatic carbocycles. The number of nitrogens with one attached hydrogen (secondary N) is 2. The summed E-state index contributed by atoms with van der Waals surface area (Å²) in [6, 6.07) is 9.71. The fourth-order valence-corrected chi connectivity index (χ4v) is 4.33. The van der Waals surface area contributed by atoms with Gasteiger partial charge in [0.2, 0.25) is 16.3 Å². The Morgan fingerprint density at radius 3 is 2.33 bits per heavy atom. The van der Waals surface area contributed by atoms with Crippen LogP contribution in [0.25, 0.3) is 22.5 Å². The molecule has 30 heavy (non-hydrogen) atoms. The van der Waals surface area contributed by atoms with Crippen molar-refractivity contribution in [2.24, 2.45) is 0 Å². The average molecular weight is 432 g/mol. The fourth-order valence-electron chi connectivity index (χ4n) is 3.32. The van der Waals surface area contributed by atoms with Crippen LogP contribution in [0.2, 0.25) is 0 Å². The molecule has 1 aromatic carbocycles. The van der Waals surface area contributed by atoms with Gasteiger partial charge in [-0.3, -0.25) is 4.98 Å². The molecule has 1 saturated heterocycles. The van der Waals surface area contributed by atoms with E-state index in [-0.39, 0.29) is 19.0 Å². The molecule has 0 amide bonds.